The molecule has 0 aromatic heterocycles. The lowest BCUT2D eigenvalue weighted by atomic mass is 10.1. The molecule has 71 valence electrons. The molecular weight excluding hydrogens is 144 g/mol. The molecule has 0 unspecified atom stereocenters. The Labute approximate surface area is 78.1 Å². The second-order valence-electron chi connectivity index (χ2n) is 3.66. The van der Waals surface area contributed by atoms with Gasteiger partial charge in [0, 0.05) is 0 Å². The van der Waals surface area contributed by atoms with Gasteiger partial charge in [0.15, 0.2) is 0 Å². The summed E-state index contributed by atoms with van der Waals surface area (Å²) >= 11 is 0. The summed E-state index contributed by atoms with van der Waals surface area (Å²) < 4.78 is 0. The van der Waals surface area contributed by atoms with Crippen LogP contribution in [-0.4, -0.2) is 0 Å². The smallest absolute Gasteiger partial charge is 0.0317 e. The fourth-order valence-electron chi connectivity index (χ4n) is 1.15. The Balaban J connectivity index is 2.96. The molecule has 0 aromatic carbocycles. The van der Waals surface area contributed by atoms with Crippen LogP contribution in [0.4, 0.5) is 0 Å². The minimum Gasteiger partial charge on any atom is -0.0856 e. The highest BCUT2D eigenvalue weighted by atomic mass is 13.9. The molecule has 0 N–H and O–H groups in total. The van der Waals surface area contributed by atoms with Crippen LogP contribution in [0.1, 0.15) is 59.3 Å². The normalized spacial score (nSPS) is 9.92. The van der Waals surface area contributed by atoms with Crippen molar-refractivity contribution in [3.05, 3.63) is 18.1 Å². The third-order valence-electron chi connectivity index (χ3n) is 1.95. The van der Waals surface area contributed by atoms with E-state index in [1.165, 1.54) is 37.7 Å². The van der Waals surface area contributed by atoms with Gasteiger partial charge in [0.05, 0.1) is 0 Å². The highest BCUT2D eigenvalue weighted by Crippen LogP contribution is 2.07. The Morgan fingerprint density at radius 1 is 1.08 bits per heavy atom. The van der Waals surface area contributed by atoms with Crippen molar-refractivity contribution in [1.29, 1.82) is 0 Å². The van der Waals surface area contributed by atoms with Crippen molar-refractivity contribution in [2.45, 2.75) is 59.3 Å². The van der Waals surface area contributed by atoms with E-state index in [9.17, 15) is 0 Å². The van der Waals surface area contributed by atoms with Crippen LogP contribution < -0.4 is 0 Å². The molecule has 0 saturated carbocycles. The zero-order chi connectivity index (χ0) is 9.23. The third-order valence-corrected chi connectivity index (χ3v) is 1.95. The van der Waals surface area contributed by atoms with E-state index in [4.69, 9.17) is 0 Å². The fraction of sp³-hybridized carbons (Fsp3) is 0.750. The second-order valence-corrected chi connectivity index (χ2v) is 3.66. The first-order chi connectivity index (χ1) is 5.77. The van der Waals surface area contributed by atoms with E-state index in [0.29, 0.717) is 0 Å². The number of unbranched alkanes of at least 4 members (excludes halogenated alkanes) is 6. The summed E-state index contributed by atoms with van der Waals surface area (Å²) in [7, 11) is 0. The summed E-state index contributed by atoms with van der Waals surface area (Å²) in [6.45, 7) is 6.57. The van der Waals surface area contributed by atoms with Crippen LogP contribution in [-0.2, 0) is 0 Å². The van der Waals surface area contributed by atoms with Crippen LogP contribution in [0.15, 0.2) is 11.6 Å². The van der Waals surface area contributed by atoms with Crippen molar-refractivity contribution in [2.24, 2.45) is 0 Å². The van der Waals surface area contributed by atoms with Gasteiger partial charge in [-0.3, -0.25) is 0 Å². The van der Waals surface area contributed by atoms with Gasteiger partial charge in [0.2, 0.25) is 0 Å². The van der Waals surface area contributed by atoms with E-state index >= 15 is 0 Å². The first-order valence-electron chi connectivity index (χ1n) is 5.22. The van der Waals surface area contributed by atoms with E-state index in [-0.39, 0.29) is 0 Å². The molecule has 0 spiro atoms. The standard InChI is InChI=1S/C12H23/c1-4-5-6-7-8-9-10-11-12(2)3/h9,11H,4-8,10H2,1-3H3. The van der Waals surface area contributed by atoms with Gasteiger partial charge in [-0.15, -0.1) is 0 Å². The van der Waals surface area contributed by atoms with Crippen molar-refractivity contribution in [1.82, 2.24) is 0 Å². The molecule has 0 aliphatic carbocycles. The summed E-state index contributed by atoms with van der Waals surface area (Å²) in [6.07, 6.45) is 12.7. The Morgan fingerprint density at radius 2 is 1.83 bits per heavy atom. The van der Waals surface area contributed by atoms with Crippen LogP contribution >= 0.6 is 0 Å². The maximum Gasteiger partial charge on any atom is -0.0317 e. The minimum atomic E-state index is 1.16. The first-order valence-corrected chi connectivity index (χ1v) is 5.22. The SMILES string of the molecule is CCCCCC[CH]CC=C(C)C. The molecular formula is C12H23. The highest BCUT2D eigenvalue weighted by molar-refractivity contribution is 4.95. The molecule has 0 aliphatic rings. The van der Waals surface area contributed by atoms with Gasteiger partial charge in [-0.05, 0) is 33.1 Å². The lowest BCUT2D eigenvalue weighted by Gasteiger charge is -1.97. The summed E-state index contributed by atoms with van der Waals surface area (Å²) in [5, 5.41) is 0. The van der Waals surface area contributed by atoms with E-state index in [0.717, 1.165) is 6.42 Å². The van der Waals surface area contributed by atoms with Gasteiger partial charge < -0.3 is 0 Å². The van der Waals surface area contributed by atoms with Gasteiger partial charge in [-0.1, -0.05) is 44.3 Å². The molecule has 0 atom stereocenters. The van der Waals surface area contributed by atoms with Crippen molar-refractivity contribution in [2.75, 3.05) is 0 Å². The van der Waals surface area contributed by atoms with Gasteiger partial charge >= 0.3 is 0 Å². The number of hydrogen-bond donors (Lipinski definition) is 0. The summed E-state index contributed by atoms with van der Waals surface area (Å²) in [6, 6.07) is 0. The monoisotopic (exact) mass is 167 g/mol. The molecule has 0 saturated heterocycles. The Hall–Kier alpha value is -0.260. The topological polar surface area (TPSA) is 0 Å². The molecule has 0 nitrogen and oxygen atoms in total. The fourth-order valence-corrected chi connectivity index (χ4v) is 1.15. The van der Waals surface area contributed by atoms with E-state index in [1.54, 1.807) is 0 Å². The average molecular weight is 167 g/mol. The second kappa shape index (κ2) is 8.83. The third kappa shape index (κ3) is 9.74. The molecule has 0 heterocycles. The van der Waals surface area contributed by atoms with E-state index in [1.807, 2.05) is 0 Å². The van der Waals surface area contributed by atoms with E-state index < -0.39 is 0 Å². The molecule has 0 heteroatoms. The zero-order valence-electron chi connectivity index (χ0n) is 8.90. The molecule has 0 rings (SSSR count). The van der Waals surface area contributed by atoms with Gasteiger partial charge in [0.25, 0.3) is 0 Å². The molecule has 12 heavy (non-hydrogen) atoms. The van der Waals surface area contributed by atoms with E-state index in [2.05, 4.69) is 33.3 Å². The van der Waals surface area contributed by atoms with Crippen LogP contribution in [0.25, 0.3) is 0 Å². The minimum absolute atomic E-state index is 1.16. The van der Waals surface area contributed by atoms with Crippen molar-refractivity contribution in [3.63, 3.8) is 0 Å². The van der Waals surface area contributed by atoms with Crippen LogP contribution in [0.5, 0.6) is 0 Å². The summed E-state index contributed by atoms with van der Waals surface area (Å²) in [5.74, 6) is 0. The largest absolute Gasteiger partial charge is 0.0856 e. The Bertz CT molecular complexity index is 107. The Morgan fingerprint density at radius 3 is 2.42 bits per heavy atom. The summed E-state index contributed by atoms with van der Waals surface area (Å²) in [4.78, 5) is 0. The summed E-state index contributed by atoms with van der Waals surface area (Å²) in [5.41, 5.74) is 1.43. The van der Waals surface area contributed by atoms with Crippen LogP contribution in [0.3, 0.4) is 0 Å². The lowest BCUT2D eigenvalue weighted by molar-refractivity contribution is 0.658. The predicted octanol–water partition coefficient (Wildman–Crippen LogP) is 4.52. The van der Waals surface area contributed by atoms with Gasteiger partial charge in [-0.25, -0.2) is 0 Å². The van der Waals surface area contributed by atoms with Crippen LogP contribution in [0, 0.1) is 6.42 Å². The molecule has 0 bridgehead atoms. The number of allylic oxidation sites excluding steroid dienone is 2. The molecule has 0 aromatic rings. The van der Waals surface area contributed by atoms with Crippen molar-refractivity contribution < 1.29 is 0 Å². The van der Waals surface area contributed by atoms with Crippen molar-refractivity contribution in [3.8, 4) is 0 Å². The van der Waals surface area contributed by atoms with Crippen LogP contribution in [0.2, 0.25) is 0 Å². The molecule has 1 radical (unpaired) electrons. The molecule has 0 aliphatic heterocycles. The number of rotatable bonds is 7. The average Bonchev–Trinajstić information content (AvgIpc) is 2.02. The zero-order valence-corrected chi connectivity index (χ0v) is 8.90. The first kappa shape index (κ1) is 11.7. The predicted molar refractivity (Wildman–Crippen MR) is 57.1 cm³/mol. The maximum atomic E-state index is 2.39. The number of hydrogen-bond acceptors (Lipinski definition) is 0. The maximum absolute atomic E-state index is 2.39. The van der Waals surface area contributed by atoms with Crippen molar-refractivity contribution >= 4 is 0 Å². The Kier molecular flexibility index (Phi) is 8.64. The quantitative estimate of drug-likeness (QED) is 0.386. The molecule has 0 amide bonds. The highest BCUT2D eigenvalue weighted by Gasteiger charge is 1.88. The van der Waals surface area contributed by atoms with Gasteiger partial charge in [-0.2, -0.15) is 0 Å². The lowest BCUT2D eigenvalue weighted by Crippen LogP contribution is -1.79. The molecule has 0 fully saturated rings. The van der Waals surface area contributed by atoms with Gasteiger partial charge in [0.1, 0.15) is 0 Å².